The second-order valence-corrected chi connectivity index (χ2v) is 8.71. The maximum Gasteiger partial charge on any atom is 0.341 e. The lowest BCUT2D eigenvalue weighted by atomic mass is 10.0. The molecule has 1 aliphatic rings. The number of carboxylic acid groups (broad SMARTS) is 1. The summed E-state index contributed by atoms with van der Waals surface area (Å²) in [7, 11) is 0. The molecule has 4 rings (SSSR count). The Morgan fingerprint density at radius 3 is 2.62 bits per heavy atom. The molecule has 2 heterocycles. The highest BCUT2D eigenvalue weighted by Gasteiger charge is 2.30. The van der Waals surface area contributed by atoms with Crippen molar-refractivity contribution in [2.45, 2.75) is 33.2 Å². The number of pyridine rings is 1. The molecule has 1 fully saturated rings. The number of anilines is 1. The van der Waals surface area contributed by atoms with Gasteiger partial charge in [-0.3, -0.25) is 4.79 Å². The number of benzene rings is 2. The van der Waals surface area contributed by atoms with Crippen LogP contribution >= 0.6 is 0 Å². The zero-order chi connectivity index (χ0) is 24.7. The van der Waals surface area contributed by atoms with Crippen molar-refractivity contribution in [1.29, 1.82) is 0 Å². The minimum absolute atomic E-state index is 0.0138. The van der Waals surface area contributed by atoms with Crippen LogP contribution in [0.4, 0.5) is 18.9 Å². The van der Waals surface area contributed by atoms with Gasteiger partial charge in [-0.25, -0.2) is 18.0 Å². The molecule has 2 atom stereocenters. The number of hydrogen-bond acceptors (Lipinski definition) is 4. The Morgan fingerprint density at radius 1 is 1.24 bits per heavy atom. The number of aromatic carboxylic acids is 1. The molecule has 9 heteroatoms. The third-order valence-corrected chi connectivity index (χ3v) is 6.65. The Bertz CT molecular complexity index is 1340. The standard InChI is InChI=1S/C25H26F3N3O3/c1-4-29-14(3)15-7-8-30(11-15)21-10-20-22(13(2)23(21)28)24(32)17(25(33)34)12-31(20)19-6-5-16(26)9-18(19)27/h5-6,9-10,12,14-15,29H,4,7-8,11H2,1-3H3,(H,33,34)/t14-,15+/m0/s1. The number of hydrogen-bond donors (Lipinski definition) is 2. The first-order chi connectivity index (χ1) is 16.1. The van der Waals surface area contributed by atoms with Gasteiger partial charge < -0.3 is 19.9 Å². The first-order valence-electron chi connectivity index (χ1n) is 11.2. The second kappa shape index (κ2) is 9.13. The van der Waals surface area contributed by atoms with Crippen molar-refractivity contribution in [2.24, 2.45) is 5.92 Å². The first kappa shape index (κ1) is 23.8. The fourth-order valence-corrected chi connectivity index (χ4v) is 4.79. The molecule has 0 unspecified atom stereocenters. The number of halogens is 3. The summed E-state index contributed by atoms with van der Waals surface area (Å²) in [5.41, 5.74) is -1.24. The lowest BCUT2D eigenvalue weighted by Gasteiger charge is -2.24. The second-order valence-electron chi connectivity index (χ2n) is 8.71. The van der Waals surface area contributed by atoms with Crippen LogP contribution in [0.2, 0.25) is 0 Å². The van der Waals surface area contributed by atoms with Crippen LogP contribution in [0.5, 0.6) is 0 Å². The van der Waals surface area contributed by atoms with Crippen molar-refractivity contribution in [3.63, 3.8) is 0 Å². The van der Waals surface area contributed by atoms with Gasteiger partial charge in [0.25, 0.3) is 0 Å². The summed E-state index contributed by atoms with van der Waals surface area (Å²) in [6.07, 6.45) is 1.85. The van der Waals surface area contributed by atoms with Gasteiger partial charge in [-0.1, -0.05) is 6.92 Å². The van der Waals surface area contributed by atoms with Crippen LogP contribution in [0.15, 0.2) is 35.3 Å². The fourth-order valence-electron chi connectivity index (χ4n) is 4.79. The summed E-state index contributed by atoms with van der Waals surface area (Å²) in [6.45, 7) is 7.54. The van der Waals surface area contributed by atoms with Crippen molar-refractivity contribution in [3.8, 4) is 5.69 Å². The molecule has 6 nitrogen and oxygen atoms in total. The van der Waals surface area contributed by atoms with Crippen molar-refractivity contribution in [3.05, 3.63) is 69.3 Å². The maximum atomic E-state index is 15.6. The van der Waals surface area contributed by atoms with Gasteiger partial charge in [0, 0.05) is 37.0 Å². The van der Waals surface area contributed by atoms with E-state index in [0.717, 1.165) is 31.3 Å². The van der Waals surface area contributed by atoms with Gasteiger partial charge in [-0.05, 0) is 50.9 Å². The maximum absolute atomic E-state index is 15.6. The average Bonchev–Trinajstić information content (AvgIpc) is 3.27. The minimum Gasteiger partial charge on any atom is -0.477 e. The summed E-state index contributed by atoms with van der Waals surface area (Å²) in [5, 5.41) is 12.8. The van der Waals surface area contributed by atoms with Crippen LogP contribution in [0.3, 0.4) is 0 Å². The lowest BCUT2D eigenvalue weighted by molar-refractivity contribution is 0.0695. The van der Waals surface area contributed by atoms with Crippen LogP contribution in [0, 0.1) is 30.3 Å². The number of fused-ring (bicyclic) bond motifs is 1. The smallest absolute Gasteiger partial charge is 0.341 e. The Labute approximate surface area is 194 Å². The first-order valence-corrected chi connectivity index (χ1v) is 11.2. The SMILES string of the molecule is CCN[C@@H](C)[C@@H]1CCN(c2cc3c(c(C)c2F)c(=O)c(C(=O)O)cn3-c2ccc(F)cc2F)C1. The van der Waals surface area contributed by atoms with Gasteiger partial charge in [0.2, 0.25) is 5.43 Å². The number of nitrogens with one attached hydrogen (secondary N) is 1. The average molecular weight is 473 g/mol. The molecule has 2 N–H and O–H groups in total. The van der Waals surface area contributed by atoms with Gasteiger partial charge in [-0.2, -0.15) is 0 Å². The molecule has 34 heavy (non-hydrogen) atoms. The molecule has 0 radical (unpaired) electrons. The van der Waals surface area contributed by atoms with Crippen molar-refractivity contribution >= 4 is 22.6 Å². The molecular weight excluding hydrogens is 447 g/mol. The van der Waals surface area contributed by atoms with E-state index in [4.69, 9.17) is 0 Å². The number of carbonyl (C=O) groups is 1. The third-order valence-electron chi connectivity index (χ3n) is 6.65. The Balaban J connectivity index is 1.95. The molecule has 2 aromatic carbocycles. The van der Waals surface area contributed by atoms with Crippen LogP contribution in [0.25, 0.3) is 16.6 Å². The van der Waals surface area contributed by atoms with Crippen LogP contribution < -0.4 is 15.6 Å². The van der Waals surface area contributed by atoms with Crippen LogP contribution in [0.1, 0.15) is 36.2 Å². The van der Waals surface area contributed by atoms with E-state index in [9.17, 15) is 23.5 Å². The summed E-state index contributed by atoms with van der Waals surface area (Å²) in [4.78, 5) is 26.6. The van der Waals surface area contributed by atoms with E-state index in [-0.39, 0.29) is 33.9 Å². The van der Waals surface area contributed by atoms with Crippen LogP contribution in [-0.2, 0) is 0 Å². The monoisotopic (exact) mass is 473 g/mol. The fraction of sp³-hybridized carbons (Fsp3) is 0.360. The van der Waals surface area contributed by atoms with E-state index >= 15 is 4.39 Å². The summed E-state index contributed by atoms with van der Waals surface area (Å²) in [5.74, 6) is -3.58. The summed E-state index contributed by atoms with van der Waals surface area (Å²) < 4.78 is 45.0. The number of aromatic nitrogens is 1. The molecule has 0 saturated carbocycles. The van der Waals surface area contributed by atoms with Gasteiger partial charge in [0.15, 0.2) is 0 Å². The highest BCUT2D eigenvalue weighted by Crippen LogP contribution is 2.34. The normalized spacial score (nSPS) is 16.9. The van der Waals surface area contributed by atoms with Gasteiger partial charge in [0.05, 0.1) is 22.3 Å². The minimum atomic E-state index is -1.52. The zero-order valence-electron chi connectivity index (χ0n) is 19.2. The summed E-state index contributed by atoms with van der Waals surface area (Å²) in [6, 6.07) is 4.55. The predicted octanol–water partition coefficient (Wildman–Crippen LogP) is 4.24. The molecule has 1 saturated heterocycles. The number of aryl methyl sites for hydroxylation is 1. The lowest BCUT2D eigenvalue weighted by Crippen LogP contribution is -2.35. The van der Waals surface area contributed by atoms with E-state index in [2.05, 4.69) is 12.2 Å². The predicted molar refractivity (Wildman–Crippen MR) is 125 cm³/mol. The highest BCUT2D eigenvalue weighted by atomic mass is 19.1. The quantitative estimate of drug-likeness (QED) is 0.560. The largest absolute Gasteiger partial charge is 0.477 e. The van der Waals surface area contributed by atoms with Gasteiger partial charge >= 0.3 is 5.97 Å². The Morgan fingerprint density at radius 2 is 1.97 bits per heavy atom. The third kappa shape index (κ3) is 4.04. The van der Waals surface area contributed by atoms with E-state index in [1.807, 2.05) is 11.8 Å². The Hall–Kier alpha value is -3.33. The van der Waals surface area contributed by atoms with Gasteiger partial charge in [-0.15, -0.1) is 0 Å². The highest BCUT2D eigenvalue weighted by molar-refractivity contribution is 5.95. The molecule has 0 spiro atoms. The van der Waals surface area contributed by atoms with Crippen molar-refractivity contribution in [2.75, 3.05) is 24.5 Å². The molecule has 0 aliphatic carbocycles. The Kier molecular flexibility index (Phi) is 6.40. The molecule has 1 aromatic heterocycles. The van der Waals surface area contributed by atoms with Crippen LogP contribution in [-0.4, -0.2) is 41.3 Å². The number of carboxylic acids is 1. The molecule has 0 bridgehead atoms. The molecule has 1 aliphatic heterocycles. The zero-order valence-corrected chi connectivity index (χ0v) is 19.2. The molecule has 180 valence electrons. The molecule has 0 amide bonds. The van der Waals surface area contributed by atoms with E-state index in [1.54, 1.807) is 0 Å². The van der Waals surface area contributed by atoms with E-state index in [1.165, 1.54) is 17.6 Å². The van der Waals surface area contributed by atoms with E-state index in [0.29, 0.717) is 25.1 Å². The van der Waals surface area contributed by atoms with Gasteiger partial charge in [0.1, 0.15) is 23.0 Å². The van der Waals surface area contributed by atoms with E-state index < -0.39 is 34.4 Å². The summed E-state index contributed by atoms with van der Waals surface area (Å²) >= 11 is 0. The molecular formula is C25H26F3N3O3. The number of rotatable bonds is 6. The molecule has 3 aromatic rings. The number of nitrogens with zero attached hydrogens (tertiary/aromatic N) is 2. The van der Waals surface area contributed by atoms with Crippen molar-refractivity contribution < 1.29 is 23.1 Å². The van der Waals surface area contributed by atoms with Crippen molar-refractivity contribution in [1.82, 2.24) is 9.88 Å². The topological polar surface area (TPSA) is 74.6 Å².